The van der Waals surface area contributed by atoms with Crippen LogP contribution in [0.2, 0.25) is 0 Å². The number of morpholine rings is 1. The highest BCUT2D eigenvalue weighted by Gasteiger charge is 2.35. The summed E-state index contributed by atoms with van der Waals surface area (Å²) in [6.07, 6.45) is 2.82. The predicted octanol–water partition coefficient (Wildman–Crippen LogP) is 4.03. The van der Waals surface area contributed by atoms with E-state index in [4.69, 9.17) is 9.47 Å². The van der Waals surface area contributed by atoms with Crippen molar-refractivity contribution in [1.82, 2.24) is 4.90 Å². The normalized spacial score (nSPS) is 22.8. The Bertz CT molecular complexity index is 822. The lowest BCUT2D eigenvalue weighted by Gasteiger charge is -2.45. The first-order chi connectivity index (χ1) is 12.7. The third kappa shape index (κ3) is 3.24. The van der Waals surface area contributed by atoms with Crippen molar-refractivity contribution in [3.05, 3.63) is 71.3 Å². The Morgan fingerprint density at radius 1 is 1.12 bits per heavy atom. The maximum Gasteiger partial charge on any atom is 0.162 e. The van der Waals surface area contributed by atoms with Crippen LogP contribution in [0.4, 0.5) is 8.78 Å². The fourth-order valence-electron chi connectivity index (χ4n) is 3.85. The van der Waals surface area contributed by atoms with Gasteiger partial charge in [0.05, 0.1) is 26.4 Å². The lowest BCUT2D eigenvalue weighted by Crippen LogP contribution is -2.53. The van der Waals surface area contributed by atoms with E-state index in [0.717, 1.165) is 18.2 Å². The molecule has 0 N–H and O–H groups in total. The van der Waals surface area contributed by atoms with Gasteiger partial charge in [0, 0.05) is 24.2 Å². The molecule has 4 rings (SSSR count). The summed E-state index contributed by atoms with van der Waals surface area (Å²) in [4.78, 5) is 2.43. The standard InChI is InChI=1S/C21H21F2NO2/c1-25-21-10-20(23)19(22)9-18(21)15-7-16-12-26-13-17(8-15)24(16)11-14-5-3-2-4-6-14/h2-7,9-10,16-17H,8,11-13H2,1H3. The fourth-order valence-corrected chi connectivity index (χ4v) is 3.85. The second kappa shape index (κ2) is 7.17. The zero-order chi connectivity index (χ0) is 18.1. The van der Waals surface area contributed by atoms with Gasteiger partial charge in [0.15, 0.2) is 11.6 Å². The number of methoxy groups -OCH3 is 1. The van der Waals surface area contributed by atoms with E-state index >= 15 is 0 Å². The highest BCUT2D eigenvalue weighted by Crippen LogP contribution is 2.37. The van der Waals surface area contributed by atoms with E-state index in [2.05, 4.69) is 23.1 Å². The molecule has 0 aliphatic carbocycles. The van der Waals surface area contributed by atoms with Gasteiger partial charge in [-0.05, 0) is 23.6 Å². The molecule has 1 saturated heterocycles. The zero-order valence-electron chi connectivity index (χ0n) is 14.6. The maximum absolute atomic E-state index is 13.8. The molecule has 0 amide bonds. The average molecular weight is 357 g/mol. The van der Waals surface area contributed by atoms with Crippen LogP contribution in [0.5, 0.6) is 5.75 Å². The van der Waals surface area contributed by atoms with Crippen molar-refractivity contribution in [3.63, 3.8) is 0 Å². The molecule has 2 heterocycles. The van der Waals surface area contributed by atoms with E-state index < -0.39 is 11.6 Å². The summed E-state index contributed by atoms with van der Waals surface area (Å²) >= 11 is 0. The lowest BCUT2D eigenvalue weighted by atomic mass is 9.89. The topological polar surface area (TPSA) is 21.7 Å². The van der Waals surface area contributed by atoms with Gasteiger partial charge in [-0.1, -0.05) is 36.4 Å². The van der Waals surface area contributed by atoms with Crippen LogP contribution in [-0.2, 0) is 11.3 Å². The van der Waals surface area contributed by atoms with Crippen LogP contribution >= 0.6 is 0 Å². The van der Waals surface area contributed by atoms with E-state index in [-0.39, 0.29) is 12.1 Å². The first-order valence-electron chi connectivity index (χ1n) is 8.77. The first kappa shape index (κ1) is 17.2. The summed E-state index contributed by atoms with van der Waals surface area (Å²) in [7, 11) is 1.48. The fraction of sp³-hybridized carbons (Fsp3) is 0.333. The van der Waals surface area contributed by atoms with Crippen molar-refractivity contribution in [2.75, 3.05) is 20.3 Å². The highest BCUT2D eigenvalue weighted by atomic mass is 19.2. The van der Waals surface area contributed by atoms with Crippen LogP contribution in [0.3, 0.4) is 0 Å². The Kier molecular flexibility index (Phi) is 4.74. The van der Waals surface area contributed by atoms with Gasteiger partial charge >= 0.3 is 0 Å². The van der Waals surface area contributed by atoms with E-state index in [9.17, 15) is 8.78 Å². The van der Waals surface area contributed by atoms with Gasteiger partial charge in [-0.25, -0.2) is 8.78 Å². The lowest BCUT2D eigenvalue weighted by molar-refractivity contribution is -0.0403. The van der Waals surface area contributed by atoms with Crippen molar-refractivity contribution < 1.29 is 18.3 Å². The van der Waals surface area contributed by atoms with Crippen LogP contribution in [0.1, 0.15) is 17.5 Å². The van der Waals surface area contributed by atoms with Crippen LogP contribution in [0.15, 0.2) is 48.5 Å². The van der Waals surface area contributed by atoms with Gasteiger partial charge in [0.25, 0.3) is 0 Å². The molecule has 1 fully saturated rings. The molecule has 26 heavy (non-hydrogen) atoms. The second-order valence-corrected chi connectivity index (χ2v) is 6.78. The van der Waals surface area contributed by atoms with Gasteiger partial charge < -0.3 is 9.47 Å². The number of halogens is 2. The molecule has 136 valence electrons. The minimum absolute atomic E-state index is 0.107. The third-order valence-electron chi connectivity index (χ3n) is 5.14. The van der Waals surface area contributed by atoms with Gasteiger partial charge in [-0.15, -0.1) is 0 Å². The van der Waals surface area contributed by atoms with Crippen molar-refractivity contribution >= 4 is 5.57 Å². The first-order valence-corrected chi connectivity index (χ1v) is 8.77. The van der Waals surface area contributed by atoms with Crippen molar-refractivity contribution in [3.8, 4) is 5.75 Å². The van der Waals surface area contributed by atoms with Gasteiger partial charge in [0.2, 0.25) is 0 Å². The third-order valence-corrected chi connectivity index (χ3v) is 5.14. The molecule has 2 aromatic carbocycles. The minimum Gasteiger partial charge on any atom is -0.496 e. The smallest absolute Gasteiger partial charge is 0.162 e. The Morgan fingerprint density at radius 2 is 1.88 bits per heavy atom. The molecule has 2 atom stereocenters. The number of fused-ring (bicyclic) bond motifs is 2. The summed E-state index contributed by atoms with van der Waals surface area (Å²) in [5, 5.41) is 0. The number of hydrogen-bond donors (Lipinski definition) is 0. The molecule has 0 spiro atoms. The molecule has 2 bridgehead atoms. The number of ether oxygens (including phenoxy) is 2. The summed E-state index contributed by atoms with van der Waals surface area (Å²) in [6.45, 7) is 2.07. The molecule has 5 heteroatoms. The number of hydrogen-bond acceptors (Lipinski definition) is 3. The summed E-state index contributed by atoms with van der Waals surface area (Å²) in [6, 6.07) is 13.0. The van der Waals surface area contributed by atoms with Gasteiger partial charge in [-0.3, -0.25) is 4.90 Å². The van der Waals surface area contributed by atoms with Gasteiger partial charge in [0.1, 0.15) is 5.75 Å². The Hall–Kier alpha value is -2.24. The average Bonchev–Trinajstić information content (AvgIpc) is 2.64. The number of rotatable bonds is 4. The predicted molar refractivity (Wildman–Crippen MR) is 95.9 cm³/mol. The minimum atomic E-state index is -0.892. The molecule has 2 unspecified atom stereocenters. The van der Waals surface area contributed by atoms with Crippen LogP contribution in [0.25, 0.3) is 5.57 Å². The van der Waals surface area contributed by atoms with Crippen molar-refractivity contribution in [1.29, 1.82) is 0 Å². The highest BCUT2D eigenvalue weighted by molar-refractivity contribution is 5.72. The van der Waals surface area contributed by atoms with Gasteiger partial charge in [-0.2, -0.15) is 0 Å². The SMILES string of the molecule is COc1cc(F)c(F)cc1C1=CC2COCC(C1)N2Cc1ccccc1. The van der Waals surface area contributed by atoms with Crippen molar-refractivity contribution in [2.24, 2.45) is 0 Å². The van der Waals surface area contributed by atoms with Crippen LogP contribution in [0, 0.1) is 11.6 Å². The summed E-state index contributed by atoms with van der Waals surface area (Å²) in [5.41, 5.74) is 2.87. The molecule has 2 aromatic rings. The molecular formula is C21H21F2NO2. The van der Waals surface area contributed by atoms with E-state index in [1.807, 2.05) is 18.2 Å². The molecule has 2 aliphatic heterocycles. The summed E-state index contributed by atoms with van der Waals surface area (Å²) < 4.78 is 38.4. The van der Waals surface area contributed by atoms with E-state index in [0.29, 0.717) is 30.9 Å². The second-order valence-electron chi connectivity index (χ2n) is 6.78. The molecule has 0 saturated carbocycles. The maximum atomic E-state index is 13.8. The Morgan fingerprint density at radius 3 is 2.62 bits per heavy atom. The molecule has 0 aromatic heterocycles. The largest absolute Gasteiger partial charge is 0.496 e. The Labute approximate surface area is 151 Å². The summed E-state index contributed by atoms with van der Waals surface area (Å²) in [5.74, 6) is -1.38. The number of benzene rings is 2. The molecular weight excluding hydrogens is 336 g/mol. The van der Waals surface area contributed by atoms with E-state index in [1.54, 1.807) is 0 Å². The molecule has 3 nitrogen and oxygen atoms in total. The monoisotopic (exact) mass is 357 g/mol. The van der Waals surface area contributed by atoms with Crippen LogP contribution < -0.4 is 4.74 Å². The Balaban J connectivity index is 1.66. The quantitative estimate of drug-likeness (QED) is 0.825. The van der Waals surface area contributed by atoms with E-state index in [1.165, 1.54) is 18.7 Å². The zero-order valence-corrected chi connectivity index (χ0v) is 14.6. The molecule has 0 radical (unpaired) electrons. The van der Waals surface area contributed by atoms with Crippen molar-refractivity contribution in [2.45, 2.75) is 25.0 Å². The van der Waals surface area contributed by atoms with Crippen LogP contribution in [-0.4, -0.2) is 37.3 Å². The number of nitrogens with zero attached hydrogens (tertiary/aromatic N) is 1. The molecule has 2 aliphatic rings.